The number of carbonyl (C=O) groups is 1. The maximum absolute atomic E-state index is 12.5. The molecular weight excluding hydrogens is 352 g/mol. The molecule has 0 saturated carbocycles. The molecule has 0 radical (unpaired) electrons. The summed E-state index contributed by atoms with van der Waals surface area (Å²) in [5, 5.41) is 2.75. The molecule has 1 aliphatic rings. The average Bonchev–Trinajstić information content (AvgIpc) is 2.61. The fourth-order valence-corrected chi connectivity index (χ4v) is 4.21. The van der Waals surface area contributed by atoms with E-state index in [-0.39, 0.29) is 35.1 Å². The van der Waals surface area contributed by atoms with Crippen molar-refractivity contribution in [1.82, 2.24) is 5.32 Å². The molecule has 1 amide bonds. The fraction of sp³-hybridized carbons (Fsp3) is 0.632. The van der Waals surface area contributed by atoms with E-state index in [1.165, 1.54) is 0 Å². The molecule has 0 atom stereocenters. The number of carbonyl (C=O) groups excluding carboxylic acids is 1. The third-order valence-electron chi connectivity index (χ3n) is 5.06. The molecule has 7 heteroatoms. The lowest BCUT2D eigenvalue weighted by Gasteiger charge is -2.34. The lowest BCUT2D eigenvalue weighted by molar-refractivity contribution is -0.135. The van der Waals surface area contributed by atoms with Crippen molar-refractivity contribution in [3.8, 4) is 0 Å². The van der Waals surface area contributed by atoms with Crippen molar-refractivity contribution in [2.75, 3.05) is 32.1 Å². The van der Waals surface area contributed by atoms with E-state index in [1.807, 2.05) is 12.1 Å². The van der Waals surface area contributed by atoms with Gasteiger partial charge >= 0.3 is 0 Å². The Balaban J connectivity index is 1.96. The number of benzene rings is 1. The van der Waals surface area contributed by atoms with Crippen LogP contribution in [0.1, 0.15) is 39.2 Å². The first kappa shape index (κ1) is 20.9. The molecule has 1 aromatic carbocycles. The summed E-state index contributed by atoms with van der Waals surface area (Å²) in [6.45, 7) is 7.56. The maximum atomic E-state index is 12.5. The minimum absolute atomic E-state index is 0.0312. The Morgan fingerprint density at radius 3 is 2.27 bits per heavy atom. The number of ether oxygens (including phenoxy) is 1. The van der Waals surface area contributed by atoms with Gasteiger partial charge < -0.3 is 15.8 Å². The van der Waals surface area contributed by atoms with Gasteiger partial charge in [-0.3, -0.25) is 4.79 Å². The number of rotatable bonds is 6. The lowest BCUT2D eigenvalue weighted by Crippen LogP contribution is -2.49. The summed E-state index contributed by atoms with van der Waals surface area (Å²) in [6, 6.07) is 6.96. The Labute approximate surface area is 156 Å². The van der Waals surface area contributed by atoms with Gasteiger partial charge in [0.1, 0.15) is 0 Å². The summed E-state index contributed by atoms with van der Waals surface area (Å²) in [4.78, 5) is 12.8. The van der Waals surface area contributed by atoms with Crippen LogP contribution in [0.25, 0.3) is 0 Å². The number of hydrogen-bond donors (Lipinski definition) is 2. The number of nitrogens with one attached hydrogen (secondary N) is 1. The molecule has 6 nitrogen and oxygen atoms in total. The highest BCUT2D eigenvalue weighted by atomic mass is 32.2. The molecule has 0 aliphatic carbocycles. The summed E-state index contributed by atoms with van der Waals surface area (Å²) in [5.74, 6) is -0.313. The molecule has 1 heterocycles. The Kier molecular flexibility index (Phi) is 6.47. The van der Waals surface area contributed by atoms with Gasteiger partial charge in [-0.1, -0.05) is 32.9 Å². The molecule has 0 bridgehead atoms. The Hall–Kier alpha value is -1.44. The van der Waals surface area contributed by atoms with Crippen LogP contribution in [0.3, 0.4) is 0 Å². The quantitative estimate of drug-likeness (QED) is 0.779. The molecular formula is C19H30N2O4S. The molecule has 1 fully saturated rings. The van der Waals surface area contributed by atoms with Gasteiger partial charge in [0, 0.05) is 26.3 Å². The van der Waals surface area contributed by atoms with Gasteiger partial charge in [0.25, 0.3) is 0 Å². The van der Waals surface area contributed by atoms with E-state index in [9.17, 15) is 13.2 Å². The van der Waals surface area contributed by atoms with E-state index in [0.29, 0.717) is 26.1 Å². The summed E-state index contributed by atoms with van der Waals surface area (Å²) >= 11 is 0. The summed E-state index contributed by atoms with van der Waals surface area (Å²) in [5.41, 5.74) is 6.21. The zero-order valence-corrected chi connectivity index (χ0v) is 16.7. The van der Waals surface area contributed by atoms with Gasteiger partial charge in [-0.15, -0.1) is 0 Å². The number of amides is 1. The third-order valence-corrected chi connectivity index (χ3v) is 6.79. The molecule has 0 aromatic heterocycles. The van der Waals surface area contributed by atoms with Crippen LogP contribution in [0.2, 0.25) is 0 Å². The maximum Gasteiger partial charge on any atom is 0.227 e. The van der Waals surface area contributed by atoms with Crippen molar-refractivity contribution >= 4 is 15.7 Å². The first-order chi connectivity index (χ1) is 12.1. The van der Waals surface area contributed by atoms with Gasteiger partial charge in [-0.25, -0.2) is 8.42 Å². The van der Waals surface area contributed by atoms with Gasteiger partial charge in [0.05, 0.1) is 16.1 Å². The second-order valence-electron chi connectivity index (χ2n) is 7.95. The van der Waals surface area contributed by atoms with Crippen LogP contribution in [0.4, 0.5) is 0 Å². The predicted molar refractivity (Wildman–Crippen MR) is 102 cm³/mol. The van der Waals surface area contributed by atoms with Crippen LogP contribution in [0.15, 0.2) is 29.2 Å². The Bertz CT molecular complexity index is 715. The topological polar surface area (TPSA) is 98.5 Å². The monoisotopic (exact) mass is 382 g/mol. The van der Waals surface area contributed by atoms with E-state index < -0.39 is 15.3 Å². The van der Waals surface area contributed by atoms with Gasteiger partial charge in [0.2, 0.25) is 5.91 Å². The normalized spacial score (nSPS) is 17.7. The van der Waals surface area contributed by atoms with Crippen LogP contribution in [-0.4, -0.2) is 46.4 Å². The zero-order valence-electron chi connectivity index (χ0n) is 15.9. The van der Waals surface area contributed by atoms with Crippen LogP contribution in [-0.2, 0) is 24.8 Å². The van der Waals surface area contributed by atoms with Crippen molar-refractivity contribution in [3.63, 3.8) is 0 Å². The molecule has 3 N–H and O–H groups in total. The molecule has 0 spiro atoms. The average molecular weight is 383 g/mol. The van der Waals surface area contributed by atoms with Gasteiger partial charge in [-0.05, 0) is 36.0 Å². The molecule has 2 rings (SSSR count). The first-order valence-electron chi connectivity index (χ1n) is 9.00. The van der Waals surface area contributed by atoms with E-state index in [1.54, 1.807) is 12.1 Å². The van der Waals surface area contributed by atoms with Crippen LogP contribution >= 0.6 is 0 Å². The Morgan fingerprint density at radius 1 is 1.19 bits per heavy atom. The highest BCUT2D eigenvalue weighted by Gasteiger charge is 2.38. The summed E-state index contributed by atoms with van der Waals surface area (Å²) in [6.07, 6.45) is 1.13. The fourth-order valence-electron chi connectivity index (χ4n) is 3.05. The van der Waals surface area contributed by atoms with E-state index >= 15 is 0 Å². The van der Waals surface area contributed by atoms with Crippen LogP contribution < -0.4 is 11.1 Å². The molecule has 1 aliphatic heterocycles. The SMILES string of the molecule is CC(C)(C)c1ccc(S(=O)(=O)CCNC(=O)C2(CN)CCOCC2)cc1. The molecule has 146 valence electrons. The first-order valence-corrected chi connectivity index (χ1v) is 10.7. The second kappa shape index (κ2) is 8.06. The van der Waals surface area contributed by atoms with E-state index in [4.69, 9.17) is 10.5 Å². The predicted octanol–water partition coefficient (Wildman–Crippen LogP) is 1.63. The third kappa shape index (κ3) is 4.84. The largest absolute Gasteiger partial charge is 0.381 e. The Morgan fingerprint density at radius 2 is 1.77 bits per heavy atom. The number of sulfone groups is 1. The highest BCUT2D eigenvalue weighted by Crippen LogP contribution is 2.29. The van der Waals surface area contributed by atoms with Crippen LogP contribution in [0, 0.1) is 5.41 Å². The number of nitrogens with two attached hydrogens (primary N) is 1. The lowest BCUT2D eigenvalue weighted by atomic mass is 9.79. The molecule has 1 aromatic rings. The van der Waals surface area contributed by atoms with Crippen molar-refractivity contribution in [2.24, 2.45) is 11.1 Å². The van der Waals surface area contributed by atoms with Crippen LogP contribution in [0.5, 0.6) is 0 Å². The van der Waals surface area contributed by atoms with Crippen molar-refractivity contribution in [3.05, 3.63) is 29.8 Å². The molecule has 26 heavy (non-hydrogen) atoms. The summed E-state index contributed by atoms with van der Waals surface area (Å²) in [7, 11) is -3.45. The van der Waals surface area contributed by atoms with Crippen molar-refractivity contribution in [1.29, 1.82) is 0 Å². The van der Waals surface area contributed by atoms with E-state index in [2.05, 4.69) is 26.1 Å². The van der Waals surface area contributed by atoms with Gasteiger partial charge in [0.15, 0.2) is 9.84 Å². The highest BCUT2D eigenvalue weighted by molar-refractivity contribution is 7.91. The van der Waals surface area contributed by atoms with E-state index in [0.717, 1.165) is 5.56 Å². The number of hydrogen-bond acceptors (Lipinski definition) is 5. The molecule has 1 saturated heterocycles. The summed E-state index contributed by atoms with van der Waals surface area (Å²) < 4.78 is 30.3. The van der Waals surface area contributed by atoms with Crippen molar-refractivity contribution in [2.45, 2.75) is 43.9 Å². The standard InChI is InChI=1S/C19H30N2O4S/c1-18(2,3)15-4-6-16(7-5-15)26(23,24)13-10-21-17(22)19(14-20)8-11-25-12-9-19/h4-7H,8-14,20H2,1-3H3,(H,21,22). The minimum atomic E-state index is -3.45. The van der Waals surface area contributed by atoms with Gasteiger partial charge in [-0.2, -0.15) is 0 Å². The molecule has 0 unspecified atom stereocenters. The second-order valence-corrected chi connectivity index (χ2v) is 10.1. The zero-order chi connectivity index (χ0) is 19.4. The minimum Gasteiger partial charge on any atom is -0.381 e. The van der Waals surface area contributed by atoms with Crippen molar-refractivity contribution < 1.29 is 17.9 Å². The smallest absolute Gasteiger partial charge is 0.227 e.